The van der Waals surface area contributed by atoms with Gasteiger partial charge in [-0.25, -0.2) is 4.57 Å². The van der Waals surface area contributed by atoms with Crippen molar-refractivity contribution in [3.05, 3.63) is 97.2 Å². The Morgan fingerprint density at radius 2 is 0.793 bits per heavy atom. The van der Waals surface area contributed by atoms with Gasteiger partial charge in [-0.05, 0) is 76.7 Å². The van der Waals surface area contributed by atoms with Gasteiger partial charge in [-0.3, -0.25) is 18.6 Å². The molecule has 0 aliphatic rings. The zero-order chi connectivity index (χ0) is 60.0. The first-order valence-corrected chi connectivity index (χ1v) is 35.6. The van der Waals surface area contributed by atoms with Gasteiger partial charge in [0.2, 0.25) is 5.91 Å². The molecule has 0 radical (unpaired) electrons. The van der Waals surface area contributed by atoms with Crippen molar-refractivity contribution in [2.24, 2.45) is 0 Å². The average Bonchev–Trinajstić information content (AvgIpc) is 3.44. The van der Waals surface area contributed by atoms with Gasteiger partial charge >= 0.3 is 13.8 Å². The van der Waals surface area contributed by atoms with E-state index in [-0.39, 0.29) is 31.5 Å². The molecule has 0 fully saturated rings. The third-order valence-corrected chi connectivity index (χ3v) is 15.9. The fourth-order valence-corrected chi connectivity index (χ4v) is 10.4. The number of allylic oxidation sites excluding steroid dienone is 15. The van der Waals surface area contributed by atoms with Crippen molar-refractivity contribution >= 4 is 19.7 Å². The Morgan fingerprint density at radius 1 is 0.439 bits per heavy atom. The summed E-state index contributed by atoms with van der Waals surface area (Å²) in [6.07, 6.45) is 82.8. The molecule has 3 atom stereocenters. The summed E-state index contributed by atoms with van der Waals surface area (Å²) < 4.78 is 30.7. The molecule has 82 heavy (non-hydrogen) atoms. The van der Waals surface area contributed by atoms with E-state index < -0.39 is 20.0 Å². The largest absolute Gasteiger partial charge is 0.472 e. The number of rotatable bonds is 61. The summed E-state index contributed by atoms with van der Waals surface area (Å²) in [5, 5.41) is 3.05. The molecule has 1 amide bonds. The molecule has 3 unspecified atom stereocenters. The second-order valence-corrected chi connectivity index (χ2v) is 25.6. The van der Waals surface area contributed by atoms with E-state index in [1.807, 2.05) is 94.1 Å². The second kappa shape index (κ2) is 61.0. The Balaban J connectivity index is 5.09. The molecule has 0 aromatic rings. The summed E-state index contributed by atoms with van der Waals surface area (Å²) in [6, 6.07) is -0.872. The van der Waals surface area contributed by atoms with Crippen LogP contribution in [0.5, 0.6) is 0 Å². The monoisotopic (exact) mass is 1170 g/mol. The van der Waals surface area contributed by atoms with E-state index in [9.17, 15) is 19.0 Å². The van der Waals surface area contributed by atoms with E-state index in [0.29, 0.717) is 23.9 Å². The molecule has 9 nitrogen and oxygen atoms in total. The number of nitrogens with zero attached hydrogens (tertiary/aromatic N) is 1. The molecule has 0 rings (SSSR count). The smallest absolute Gasteiger partial charge is 0.456 e. The van der Waals surface area contributed by atoms with Crippen LogP contribution >= 0.6 is 7.82 Å². The maximum absolute atomic E-state index is 13.6. The number of phosphoric acid groups is 1. The molecule has 0 aliphatic carbocycles. The summed E-state index contributed by atoms with van der Waals surface area (Å²) in [7, 11) is 1.47. The van der Waals surface area contributed by atoms with Gasteiger partial charge in [0.25, 0.3) is 0 Å². The molecule has 0 aromatic carbocycles. The van der Waals surface area contributed by atoms with Crippen LogP contribution in [-0.4, -0.2) is 74.3 Å². The van der Waals surface area contributed by atoms with Gasteiger partial charge in [0.05, 0.1) is 33.8 Å². The van der Waals surface area contributed by atoms with E-state index in [1.165, 1.54) is 193 Å². The van der Waals surface area contributed by atoms with Crippen LogP contribution < -0.4 is 5.32 Å². The summed E-state index contributed by atoms with van der Waals surface area (Å²) in [6.45, 7) is 6.85. The number of nitrogens with one attached hydrogen (secondary N) is 1. The fraction of sp³-hybridized carbons (Fsp3) is 0.750. The lowest BCUT2D eigenvalue weighted by molar-refractivity contribution is -0.870. The van der Waals surface area contributed by atoms with Crippen molar-refractivity contribution in [1.29, 1.82) is 0 Å². The number of quaternary nitrogens is 1. The number of likely N-dealkylation sites (N-methyl/N-ethyl adjacent to an activating group) is 1. The van der Waals surface area contributed by atoms with E-state index in [0.717, 1.165) is 64.2 Å². The number of carbonyl (C=O) groups excluding carboxylic acids is 2. The quantitative estimate of drug-likeness (QED) is 0.0156. The minimum absolute atomic E-state index is 0.0293. The molecule has 10 heteroatoms. The summed E-state index contributed by atoms with van der Waals surface area (Å²) >= 11 is 0. The standard InChI is InChI=1S/C72H129N2O7P/c1-7-10-13-16-19-22-25-28-30-32-33-34-35-36-37-38-39-40-41-43-44-46-49-52-55-58-61-64-71(75)73-69(68-80-82(77,78)79-67-66-74(4,5)6)70(63-60-57-54-51-48-27-24-21-18-15-12-9-3)81-72(76)65-62-59-56-53-50-47-45-42-31-29-26-23-20-17-14-11-8-2/h11,14,17,20,23,26,28-31,42,45,47,50,60,63,69-70H,7-10,12-13,15-16,18-19,21-22,24-25,27,32-41,43-44,46,48-49,51-59,61-62,64-68H2,1-6H3,(H-,73,75,77,78)/p+1/b14-11-,20-17+,26-23+,30-28+,31-29-,45-42+,50-47+,63-60-. The Morgan fingerprint density at radius 3 is 1.22 bits per heavy atom. The lowest BCUT2D eigenvalue weighted by atomic mass is 10.0. The van der Waals surface area contributed by atoms with Crippen LogP contribution in [0, 0.1) is 0 Å². The zero-order valence-electron chi connectivity index (χ0n) is 54.2. The Hall–Kier alpha value is -3.07. The SMILES string of the molecule is CC\C=C/C=C/C=C/C=C\C=C\C=C\CCCCCC(=O)OC(/C=C\CCCCCCCCCCCC)C(COP(=O)(O)OCC[N+](C)(C)C)NC(=O)CCCCCCCCCCCCCCCCCCC/C=C/CCCCCCCC. The number of ether oxygens (including phenoxy) is 1. The van der Waals surface area contributed by atoms with Crippen LogP contribution in [-0.2, 0) is 27.9 Å². The molecule has 0 spiro atoms. The predicted octanol–water partition coefficient (Wildman–Crippen LogP) is 21.5. The van der Waals surface area contributed by atoms with Crippen molar-refractivity contribution < 1.29 is 37.3 Å². The van der Waals surface area contributed by atoms with E-state index in [4.69, 9.17) is 13.8 Å². The second-order valence-electron chi connectivity index (χ2n) is 24.1. The Bertz CT molecular complexity index is 1720. The number of esters is 1. The summed E-state index contributed by atoms with van der Waals surface area (Å²) in [4.78, 5) is 37.8. The number of unbranched alkanes of at least 4 members (excludes halogenated alkanes) is 36. The van der Waals surface area contributed by atoms with E-state index in [1.54, 1.807) is 0 Å². The third kappa shape index (κ3) is 61.5. The van der Waals surface area contributed by atoms with Gasteiger partial charge in [0, 0.05) is 12.8 Å². The van der Waals surface area contributed by atoms with E-state index in [2.05, 4.69) is 50.4 Å². The van der Waals surface area contributed by atoms with Gasteiger partial charge in [-0.2, -0.15) is 0 Å². The highest BCUT2D eigenvalue weighted by Crippen LogP contribution is 2.43. The van der Waals surface area contributed by atoms with Gasteiger partial charge in [-0.15, -0.1) is 0 Å². The summed E-state index contributed by atoms with van der Waals surface area (Å²) in [5.41, 5.74) is 0. The molecule has 0 bridgehead atoms. The molecule has 0 saturated heterocycles. The molecule has 2 N–H and O–H groups in total. The van der Waals surface area contributed by atoms with E-state index >= 15 is 0 Å². The highest BCUT2D eigenvalue weighted by Gasteiger charge is 2.30. The van der Waals surface area contributed by atoms with Crippen molar-refractivity contribution in [2.45, 2.75) is 309 Å². The number of carbonyl (C=O) groups is 2. The Labute approximate surface area is 507 Å². The minimum atomic E-state index is -4.47. The predicted molar refractivity (Wildman–Crippen MR) is 355 cm³/mol. The highest BCUT2D eigenvalue weighted by molar-refractivity contribution is 7.47. The highest BCUT2D eigenvalue weighted by atomic mass is 31.2. The van der Waals surface area contributed by atoms with Crippen LogP contribution in [0.4, 0.5) is 0 Å². The van der Waals surface area contributed by atoms with Crippen molar-refractivity contribution in [2.75, 3.05) is 40.9 Å². The van der Waals surface area contributed by atoms with Gasteiger partial charge < -0.3 is 19.4 Å². The van der Waals surface area contributed by atoms with Gasteiger partial charge in [0.15, 0.2) is 0 Å². The first-order chi connectivity index (χ1) is 39.9. The average molecular weight is 1170 g/mol. The third-order valence-electron chi connectivity index (χ3n) is 14.9. The van der Waals surface area contributed by atoms with Crippen LogP contribution in [0.1, 0.15) is 297 Å². The number of amides is 1. The molecule has 0 heterocycles. The van der Waals surface area contributed by atoms with Crippen molar-refractivity contribution in [3.8, 4) is 0 Å². The zero-order valence-corrected chi connectivity index (χ0v) is 55.1. The topological polar surface area (TPSA) is 111 Å². The molecular formula is C72H130N2O7P+. The first kappa shape index (κ1) is 78.9. The number of phosphoric ester groups is 1. The van der Waals surface area contributed by atoms with Gasteiger partial charge in [-0.1, -0.05) is 305 Å². The maximum Gasteiger partial charge on any atom is 0.472 e. The van der Waals surface area contributed by atoms with Crippen molar-refractivity contribution in [1.82, 2.24) is 5.32 Å². The number of hydrogen-bond acceptors (Lipinski definition) is 6. The first-order valence-electron chi connectivity index (χ1n) is 34.1. The number of hydrogen-bond donors (Lipinski definition) is 2. The maximum atomic E-state index is 13.6. The normalized spacial score (nSPS) is 14.2. The van der Waals surface area contributed by atoms with Crippen LogP contribution in [0.25, 0.3) is 0 Å². The van der Waals surface area contributed by atoms with Crippen LogP contribution in [0.15, 0.2) is 97.2 Å². The molecule has 0 aromatic heterocycles. The lowest BCUT2D eigenvalue weighted by Gasteiger charge is -2.27. The molecule has 0 aliphatic heterocycles. The van der Waals surface area contributed by atoms with Crippen LogP contribution in [0.3, 0.4) is 0 Å². The van der Waals surface area contributed by atoms with Crippen molar-refractivity contribution in [3.63, 3.8) is 0 Å². The molecule has 474 valence electrons. The Kier molecular flexibility index (Phi) is 58.7. The summed E-state index contributed by atoms with van der Waals surface area (Å²) in [5.74, 6) is -0.552. The van der Waals surface area contributed by atoms with Gasteiger partial charge in [0.1, 0.15) is 19.3 Å². The fourth-order valence-electron chi connectivity index (χ4n) is 9.67. The molecular weight excluding hydrogens is 1040 g/mol. The lowest BCUT2D eigenvalue weighted by Crippen LogP contribution is -2.47. The molecule has 0 saturated carbocycles. The van der Waals surface area contributed by atoms with Crippen LogP contribution in [0.2, 0.25) is 0 Å². The minimum Gasteiger partial charge on any atom is -0.456 e.